The molecule has 0 spiro atoms. The lowest BCUT2D eigenvalue weighted by Crippen LogP contribution is -2.15. The topological polar surface area (TPSA) is 80.9 Å². The first kappa shape index (κ1) is 19.3. The maximum atomic E-state index is 11.2. The quantitative estimate of drug-likeness (QED) is 0.499. The van der Waals surface area contributed by atoms with Gasteiger partial charge in [0, 0.05) is 53.1 Å². The number of hydrogen-bond donors (Lipinski definition) is 1. The summed E-state index contributed by atoms with van der Waals surface area (Å²) < 4.78 is 2.03. The second kappa shape index (κ2) is 7.42. The molecule has 0 fully saturated rings. The fourth-order valence-electron chi connectivity index (χ4n) is 3.19. The first-order valence-corrected chi connectivity index (χ1v) is 10.3. The van der Waals surface area contributed by atoms with E-state index in [2.05, 4.69) is 15.0 Å². The molecule has 0 bridgehead atoms. The summed E-state index contributed by atoms with van der Waals surface area (Å²) in [5.41, 5.74) is 3.77. The zero-order valence-corrected chi connectivity index (χ0v) is 17.1. The minimum atomic E-state index is -0.950. The molecule has 0 aliphatic rings. The maximum Gasteiger partial charge on any atom is 0.161 e. The summed E-state index contributed by atoms with van der Waals surface area (Å²) in [6.07, 6.45) is 9.93. The molecule has 4 rings (SSSR count). The largest absolute Gasteiger partial charge is 0.386 e. The molecule has 0 aliphatic heterocycles. The van der Waals surface area contributed by atoms with Gasteiger partial charge in [-0.3, -0.25) is 13.8 Å². The molecule has 146 valence electrons. The van der Waals surface area contributed by atoms with Crippen LogP contribution in [0.15, 0.2) is 55.1 Å². The molecule has 0 amide bonds. The molecule has 29 heavy (non-hydrogen) atoms. The Morgan fingerprint density at radius 2 is 1.86 bits per heavy atom. The van der Waals surface area contributed by atoms with Crippen molar-refractivity contribution in [1.29, 1.82) is 0 Å². The third-order valence-electron chi connectivity index (χ3n) is 4.78. The van der Waals surface area contributed by atoms with Crippen molar-refractivity contribution in [3.05, 3.63) is 66.2 Å². The molecule has 0 radical (unpaired) electrons. The number of aromatic nitrogens is 4. The van der Waals surface area contributed by atoms with Gasteiger partial charge in [-0.2, -0.15) is 0 Å². The summed E-state index contributed by atoms with van der Waals surface area (Å²) in [7, 11) is 0. The van der Waals surface area contributed by atoms with Crippen LogP contribution < -0.4 is 0 Å². The van der Waals surface area contributed by atoms with Crippen LogP contribution in [0.2, 0.25) is 0 Å². The molecule has 3 aromatic heterocycles. The van der Waals surface area contributed by atoms with Crippen LogP contribution in [0.25, 0.3) is 33.5 Å². The number of hydrogen-bond acceptors (Lipinski definition) is 6. The van der Waals surface area contributed by atoms with E-state index < -0.39 is 5.60 Å². The van der Waals surface area contributed by atoms with Crippen LogP contribution in [-0.4, -0.2) is 36.6 Å². The Morgan fingerprint density at radius 1 is 1.10 bits per heavy atom. The van der Waals surface area contributed by atoms with E-state index in [1.807, 2.05) is 34.6 Å². The molecular weight excluding hydrogens is 384 g/mol. The van der Waals surface area contributed by atoms with E-state index in [-0.39, 0.29) is 0 Å². The standard InChI is InChI=1S/C22H20N4O2S/c1-22(2,28)16-6-7-23-19(9-16)15-10-24-21(25-11-15)18-12-26(29-3)20-5-4-14(13-27)8-17(18)20/h4-13,28H,1-3H3. The SMILES string of the molecule is CSn1cc(-c2ncc(-c3cc(C(C)(C)O)ccn3)cn2)c2cc(C=O)ccc21. The van der Waals surface area contributed by atoms with Gasteiger partial charge in [-0.05, 0) is 61.7 Å². The van der Waals surface area contributed by atoms with Crippen molar-refractivity contribution in [2.75, 3.05) is 6.26 Å². The van der Waals surface area contributed by atoms with Crippen molar-refractivity contribution in [2.45, 2.75) is 19.4 Å². The van der Waals surface area contributed by atoms with Crippen LogP contribution in [0.1, 0.15) is 29.8 Å². The number of aliphatic hydroxyl groups is 1. The Morgan fingerprint density at radius 3 is 2.52 bits per heavy atom. The monoisotopic (exact) mass is 404 g/mol. The number of nitrogens with zero attached hydrogens (tertiary/aromatic N) is 4. The molecule has 1 aromatic carbocycles. The van der Waals surface area contributed by atoms with E-state index >= 15 is 0 Å². The molecule has 1 N–H and O–H groups in total. The highest BCUT2D eigenvalue weighted by Gasteiger charge is 2.17. The van der Waals surface area contributed by atoms with Gasteiger partial charge in [-0.1, -0.05) is 0 Å². The number of benzene rings is 1. The number of aldehydes is 1. The Kier molecular flexibility index (Phi) is 4.94. The van der Waals surface area contributed by atoms with Gasteiger partial charge in [0.15, 0.2) is 5.82 Å². The zero-order chi connectivity index (χ0) is 20.6. The van der Waals surface area contributed by atoms with Crippen molar-refractivity contribution in [3.8, 4) is 22.6 Å². The van der Waals surface area contributed by atoms with Gasteiger partial charge >= 0.3 is 0 Å². The lowest BCUT2D eigenvalue weighted by Gasteiger charge is -2.18. The smallest absolute Gasteiger partial charge is 0.161 e. The average Bonchev–Trinajstić information content (AvgIpc) is 3.11. The summed E-state index contributed by atoms with van der Waals surface area (Å²) in [6.45, 7) is 3.47. The van der Waals surface area contributed by atoms with Crippen molar-refractivity contribution < 1.29 is 9.90 Å². The van der Waals surface area contributed by atoms with Gasteiger partial charge in [0.2, 0.25) is 0 Å². The molecule has 0 saturated heterocycles. The summed E-state index contributed by atoms with van der Waals surface area (Å²) >= 11 is 1.57. The normalized spacial score (nSPS) is 11.7. The van der Waals surface area contributed by atoms with Gasteiger partial charge in [0.25, 0.3) is 0 Å². The predicted molar refractivity (Wildman–Crippen MR) is 116 cm³/mol. The first-order chi connectivity index (χ1) is 13.9. The highest BCUT2D eigenvalue weighted by molar-refractivity contribution is 7.97. The van der Waals surface area contributed by atoms with E-state index in [1.165, 1.54) is 0 Å². The van der Waals surface area contributed by atoms with Gasteiger partial charge in [-0.25, -0.2) is 9.97 Å². The molecule has 4 aromatic rings. The van der Waals surface area contributed by atoms with Crippen LogP contribution >= 0.6 is 11.9 Å². The molecule has 0 aliphatic carbocycles. The third-order valence-corrected chi connectivity index (χ3v) is 5.48. The summed E-state index contributed by atoms with van der Waals surface area (Å²) in [5, 5.41) is 11.2. The Balaban J connectivity index is 1.76. The van der Waals surface area contributed by atoms with Crippen molar-refractivity contribution in [3.63, 3.8) is 0 Å². The lowest BCUT2D eigenvalue weighted by atomic mass is 9.98. The number of pyridine rings is 1. The Hall–Kier alpha value is -3.03. The van der Waals surface area contributed by atoms with E-state index in [9.17, 15) is 9.90 Å². The minimum Gasteiger partial charge on any atom is -0.386 e. The highest BCUT2D eigenvalue weighted by Crippen LogP contribution is 2.32. The highest BCUT2D eigenvalue weighted by atomic mass is 32.2. The van der Waals surface area contributed by atoms with Crippen LogP contribution in [0.3, 0.4) is 0 Å². The lowest BCUT2D eigenvalue weighted by molar-refractivity contribution is 0.0785. The number of carbonyl (C=O) groups excluding carboxylic acids is 1. The molecule has 0 unspecified atom stereocenters. The zero-order valence-electron chi connectivity index (χ0n) is 16.3. The van der Waals surface area contributed by atoms with Crippen LogP contribution in [0, 0.1) is 0 Å². The summed E-state index contributed by atoms with van der Waals surface area (Å²) in [5.74, 6) is 0.577. The van der Waals surface area contributed by atoms with E-state index in [4.69, 9.17) is 0 Å². The van der Waals surface area contributed by atoms with E-state index in [0.29, 0.717) is 17.1 Å². The minimum absolute atomic E-state index is 0.577. The molecule has 0 atom stereocenters. The van der Waals surface area contributed by atoms with Gasteiger partial charge in [-0.15, -0.1) is 0 Å². The summed E-state index contributed by atoms with van der Waals surface area (Å²) in [4.78, 5) is 24.7. The number of carbonyl (C=O) groups is 1. The van der Waals surface area contributed by atoms with Crippen LogP contribution in [0.4, 0.5) is 0 Å². The maximum absolute atomic E-state index is 11.2. The third kappa shape index (κ3) is 3.66. The predicted octanol–water partition coefficient (Wildman–Crippen LogP) is 4.33. The van der Waals surface area contributed by atoms with Crippen molar-refractivity contribution >= 4 is 29.1 Å². The molecule has 3 heterocycles. The molecular formula is C22H20N4O2S. The van der Waals surface area contributed by atoms with Gasteiger partial charge in [0.1, 0.15) is 6.29 Å². The molecule has 0 saturated carbocycles. The fourth-order valence-corrected chi connectivity index (χ4v) is 3.76. The molecule has 7 heteroatoms. The Labute approximate surface area is 172 Å². The first-order valence-electron chi connectivity index (χ1n) is 9.07. The van der Waals surface area contributed by atoms with Crippen molar-refractivity contribution in [1.82, 2.24) is 18.9 Å². The van der Waals surface area contributed by atoms with Crippen LogP contribution in [0.5, 0.6) is 0 Å². The fraction of sp³-hybridized carbons (Fsp3) is 0.182. The van der Waals surface area contributed by atoms with Gasteiger partial charge < -0.3 is 5.11 Å². The molecule has 6 nitrogen and oxygen atoms in total. The second-order valence-electron chi connectivity index (χ2n) is 7.23. The average molecular weight is 404 g/mol. The van der Waals surface area contributed by atoms with E-state index in [0.717, 1.165) is 33.9 Å². The number of rotatable bonds is 5. The van der Waals surface area contributed by atoms with E-state index in [1.54, 1.807) is 56.5 Å². The van der Waals surface area contributed by atoms with Crippen molar-refractivity contribution in [2.24, 2.45) is 0 Å². The van der Waals surface area contributed by atoms with Crippen LogP contribution in [-0.2, 0) is 5.60 Å². The number of fused-ring (bicyclic) bond motifs is 1. The Bertz CT molecular complexity index is 1190. The second-order valence-corrected chi connectivity index (χ2v) is 7.99. The van der Waals surface area contributed by atoms with Gasteiger partial charge in [0.05, 0.1) is 16.8 Å². The summed E-state index contributed by atoms with van der Waals surface area (Å²) in [6, 6.07) is 9.22.